The van der Waals surface area contributed by atoms with Gasteiger partial charge in [0.15, 0.2) is 11.5 Å². The van der Waals surface area contributed by atoms with Gasteiger partial charge in [0, 0.05) is 17.8 Å². The van der Waals surface area contributed by atoms with Gasteiger partial charge in [-0.25, -0.2) is 4.98 Å². The molecule has 10 nitrogen and oxygen atoms in total. The van der Waals surface area contributed by atoms with Crippen molar-refractivity contribution in [3.8, 4) is 28.9 Å². The zero-order valence-electron chi connectivity index (χ0n) is 17.0. The van der Waals surface area contributed by atoms with E-state index in [9.17, 15) is 4.79 Å². The van der Waals surface area contributed by atoms with Gasteiger partial charge in [0.2, 0.25) is 11.8 Å². The first-order valence-corrected chi connectivity index (χ1v) is 9.46. The molecule has 0 aliphatic rings. The molecule has 0 bridgehead atoms. The molecule has 31 heavy (non-hydrogen) atoms. The molecular weight excluding hydrogens is 400 g/mol. The minimum absolute atomic E-state index is 0.226. The average molecular weight is 420 g/mol. The van der Waals surface area contributed by atoms with Crippen LogP contribution in [0.15, 0.2) is 54.7 Å². The number of amides is 1. The van der Waals surface area contributed by atoms with Crippen LogP contribution >= 0.6 is 0 Å². The molecule has 0 saturated heterocycles. The van der Waals surface area contributed by atoms with Gasteiger partial charge in [0.25, 0.3) is 5.91 Å². The number of ether oxygens (including phenoxy) is 3. The van der Waals surface area contributed by atoms with E-state index in [1.165, 1.54) is 7.11 Å². The summed E-state index contributed by atoms with van der Waals surface area (Å²) >= 11 is 0. The summed E-state index contributed by atoms with van der Waals surface area (Å²) in [5.41, 5.74) is 1.76. The molecule has 3 aromatic heterocycles. The van der Waals surface area contributed by atoms with Crippen molar-refractivity contribution in [1.82, 2.24) is 30.1 Å². The number of hydrogen-bond acceptors (Lipinski definition) is 8. The van der Waals surface area contributed by atoms with Crippen molar-refractivity contribution < 1.29 is 19.0 Å². The fourth-order valence-corrected chi connectivity index (χ4v) is 2.93. The molecule has 0 saturated carbocycles. The number of hydrogen-bond donors (Lipinski definition) is 1. The standard InChI is InChI=1S/C21H20N6O4/c1-29-15-6-3-5-14(13-15)19-25-24-17-8-9-18(26-27(17)19)31-12-11-22-20(28)16-7-4-10-23-21(16)30-2/h3-10,13H,11-12H2,1-2H3,(H,22,28). The highest BCUT2D eigenvalue weighted by Crippen LogP contribution is 2.23. The first-order valence-electron chi connectivity index (χ1n) is 9.46. The Balaban J connectivity index is 1.42. The van der Waals surface area contributed by atoms with Gasteiger partial charge in [-0.2, -0.15) is 4.52 Å². The Bertz CT molecular complexity index is 1210. The summed E-state index contributed by atoms with van der Waals surface area (Å²) in [6, 6.07) is 14.3. The second-order valence-corrected chi connectivity index (χ2v) is 6.36. The molecule has 1 N–H and O–H groups in total. The van der Waals surface area contributed by atoms with Crippen LogP contribution in [0.3, 0.4) is 0 Å². The third-order valence-electron chi connectivity index (χ3n) is 4.41. The molecule has 10 heteroatoms. The Hall–Kier alpha value is -4.21. The number of rotatable bonds is 8. The molecule has 4 rings (SSSR count). The van der Waals surface area contributed by atoms with Crippen molar-refractivity contribution in [3.63, 3.8) is 0 Å². The van der Waals surface area contributed by atoms with E-state index in [0.717, 1.165) is 5.56 Å². The number of fused-ring (bicyclic) bond motifs is 1. The third-order valence-corrected chi connectivity index (χ3v) is 4.41. The van der Waals surface area contributed by atoms with E-state index in [2.05, 4.69) is 25.6 Å². The van der Waals surface area contributed by atoms with Gasteiger partial charge in [-0.1, -0.05) is 12.1 Å². The van der Waals surface area contributed by atoms with Crippen LogP contribution in [0.25, 0.3) is 17.0 Å². The van der Waals surface area contributed by atoms with E-state index in [1.807, 2.05) is 24.3 Å². The summed E-state index contributed by atoms with van der Waals surface area (Å²) in [5.74, 6) is 1.63. The Kier molecular flexibility index (Phi) is 5.88. The summed E-state index contributed by atoms with van der Waals surface area (Å²) in [5, 5.41) is 15.6. The van der Waals surface area contributed by atoms with E-state index in [-0.39, 0.29) is 24.9 Å². The highest BCUT2D eigenvalue weighted by Gasteiger charge is 2.13. The lowest BCUT2D eigenvalue weighted by Gasteiger charge is -2.09. The highest BCUT2D eigenvalue weighted by atomic mass is 16.5. The quantitative estimate of drug-likeness (QED) is 0.431. The molecule has 0 fully saturated rings. The van der Waals surface area contributed by atoms with E-state index >= 15 is 0 Å². The Morgan fingerprint density at radius 1 is 1.06 bits per heavy atom. The van der Waals surface area contributed by atoms with Gasteiger partial charge in [-0.3, -0.25) is 4.79 Å². The zero-order valence-corrected chi connectivity index (χ0v) is 17.0. The second-order valence-electron chi connectivity index (χ2n) is 6.36. The summed E-state index contributed by atoms with van der Waals surface area (Å²) in [6.07, 6.45) is 1.56. The number of carbonyl (C=O) groups excluding carboxylic acids is 1. The Morgan fingerprint density at radius 2 is 1.97 bits per heavy atom. The van der Waals surface area contributed by atoms with Crippen LogP contribution in [0.4, 0.5) is 0 Å². The molecule has 1 aromatic carbocycles. The zero-order chi connectivity index (χ0) is 21.6. The van der Waals surface area contributed by atoms with Crippen LogP contribution in [0.5, 0.6) is 17.5 Å². The number of aromatic nitrogens is 5. The minimum atomic E-state index is -0.295. The van der Waals surface area contributed by atoms with E-state index in [0.29, 0.717) is 28.7 Å². The van der Waals surface area contributed by atoms with Crippen LogP contribution in [-0.2, 0) is 0 Å². The van der Waals surface area contributed by atoms with Gasteiger partial charge in [0.05, 0.1) is 20.8 Å². The van der Waals surface area contributed by atoms with Gasteiger partial charge in [-0.05, 0) is 30.3 Å². The van der Waals surface area contributed by atoms with Gasteiger partial charge in [-0.15, -0.1) is 15.3 Å². The smallest absolute Gasteiger partial charge is 0.256 e. The van der Waals surface area contributed by atoms with Crippen LogP contribution in [0, 0.1) is 0 Å². The molecule has 0 unspecified atom stereocenters. The van der Waals surface area contributed by atoms with Crippen molar-refractivity contribution in [2.24, 2.45) is 0 Å². The highest BCUT2D eigenvalue weighted by molar-refractivity contribution is 5.96. The van der Waals surface area contributed by atoms with Crippen LogP contribution < -0.4 is 19.5 Å². The molecule has 3 heterocycles. The molecular formula is C21H20N6O4. The molecule has 0 spiro atoms. The predicted octanol–water partition coefficient (Wildman–Crippen LogP) is 2.01. The molecule has 0 atom stereocenters. The number of methoxy groups -OCH3 is 2. The van der Waals surface area contributed by atoms with Crippen LogP contribution in [0.2, 0.25) is 0 Å². The molecule has 158 valence electrons. The SMILES string of the molecule is COc1cccc(-c2nnc3ccc(OCCNC(=O)c4cccnc4OC)nn23)c1. The maximum Gasteiger partial charge on any atom is 0.256 e. The summed E-state index contributed by atoms with van der Waals surface area (Å²) < 4.78 is 17.7. The maximum atomic E-state index is 12.3. The molecule has 4 aromatic rings. The second kappa shape index (κ2) is 9.08. The maximum absolute atomic E-state index is 12.3. The lowest BCUT2D eigenvalue weighted by molar-refractivity contribution is 0.0942. The van der Waals surface area contributed by atoms with Crippen molar-refractivity contribution in [1.29, 1.82) is 0 Å². The Labute approximate surface area is 177 Å². The fraction of sp³-hybridized carbons (Fsp3) is 0.190. The van der Waals surface area contributed by atoms with Crippen molar-refractivity contribution in [3.05, 3.63) is 60.3 Å². The van der Waals surface area contributed by atoms with Gasteiger partial charge in [0.1, 0.15) is 17.9 Å². The fourth-order valence-electron chi connectivity index (χ4n) is 2.93. The molecule has 0 aliphatic heterocycles. The lowest BCUT2D eigenvalue weighted by Crippen LogP contribution is -2.28. The topological polar surface area (TPSA) is 113 Å². The first kappa shape index (κ1) is 20.1. The number of nitrogens with zero attached hydrogens (tertiary/aromatic N) is 5. The largest absolute Gasteiger partial charge is 0.497 e. The van der Waals surface area contributed by atoms with Crippen molar-refractivity contribution >= 4 is 11.6 Å². The predicted molar refractivity (Wildman–Crippen MR) is 111 cm³/mol. The third kappa shape index (κ3) is 4.37. The number of nitrogens with one attached hydrogen (secondary N) is 1. The molecule has 0 radical (unpaired) electrons. The van der Waals surface area contributed by atoms with Crippen molar-refractivity contribution in [2.45, 2.75) is 0 Å². The summed E-state index contributed by atoms with van der Waals surface area (Å²) in [4.78, 5) is 16.3. The summed E-state index contributed by atoms with van der Waals surface area (Å²) in [6.45, 7) is 0.505. The summed E-state index contributed by atoms with van der Waals surface area (Å²) in [7, 11) is 3.07. The lowest BCUT2D eigenvalue weighted by atomic mass is 10.2. The first-order chi connectivity index (χ1) is 15.2. The number of benzene rings is 1. The van der Waals surface area contributed by atoms with Crippen molar-refractivity contribution in [2.75, 3.05) is 27.4 Å². The Morgan fingerprint density at radius 3 is 2.81 bits per heavy atom. The van der Waals surface area contributed by atoms with Crippen LogP contribution in [0.1, 0.15) is 10.4 Å². The number of pyridine rings is 1. The molecule has 1 amide bonds. The van der Waals surface area contributed by atoms with Gasteiger partial charge < -0.3 is 19.5 Å². The van der Waals surface area contributed by atoms with Crippen LogP contribution in [-0.4, -0.2) is 58.1 Å². The van der Waals surface area contributed by atoms with Gasteiger partial charge >= 0.3 is 0 Å². The minimum Gasteiger partial charge on any atom is -0.497 e. The average Bonchev–Trinajstić information content (AvgIpc) is 3.25. The molecule has 0 aliphatic carbocycles. The van der Waals surface area contributed by atoms with E-state index in [1.54, 1.807) is 42.1 Å². The monoisotopic (exact) mass is 420 g/mol. The van der Waals surface area contributed by atoms with E-state index < -0.39 is 0 Å². The number of carbonyl (C=O) groups is 1. The van der Waals surface area contributed by atoms with E-state index in [4.69, 9.17) is 14.2 Å². The normalized spacial score (nSPS) is 10.6.